The highest BCUT2D eigenvalue weighted by Gasteiger charge is 2.15. The molecule has 0 aliphatic rings. The molecule has 5 nitrogen and oxygen atoms in total. The number of aliphatic hydroxyl groups is 1. The van der Waals surface area contributed by atoms with Crippen molar-refractivity contribution in [2.45, 2.75) is 19.4 Å². The maximum atomic E-state index is 13.2. The Kier molecular flexibility index (Phi) is 4.90. The van der Waals surface area contributed by atoms with Crippen LogP contribution in [0, 0.1) is 12.7 Å². The van der Waals surface area contributed by atoms with E-state index in [2.05, 4.69) is 10.3 Å². The molecule has 128 valence electrons. The van der Waals surface area contributed by atoms with Crippen molar-refractivity contribution < 1.29 is 18.7 Å². The van der Waals surface area contributed by atoms with Crippen LogP contribution in [0.1, 0.15) is 23.7 Å². The Morgan fingerprint density at radius 1 is 1.32 bits per heavy atom. The van der Waals surface area contributed by atoms with Gasteiger partial charge in [0, 0.05) is 11.3 Å². The van der Waals surface area contributed by atoms with Gasteiger partial charge < -0.3 is 14.8 Å². The highest BCUT2D eigenvalue weighted by Crippen LogP contribution is 2.25. The van der Waals surface area contributed by atoms with Crippen LogP contribution in [0.3, 0.4) is 0 Å². The van der Waals surface area contributed by atoms with Crippen LogP contribution < -0.4 is 5.32 Å². The fourth-order valence-corrected chi connectivity index (χ4v) is 2.46. The van der Waals surface area contributed by atoms with Gasteiger partial charge in [-0.3, -0.25) is 4.79 Å². The molecule has 2 aromatic carbocycles. The zero-order valence-corrected chi connectivity index (χ0v) is 13.6. The van der Waals surface area contributed by atoms with Crippen molar-refractivity contribution in [2.75, 3.05) is 5.32 Å². The van der Waals surface area contributed by atoms with E-state index in [1.807, 2.05) is 19.1 Å². The van der Waals surface area contributed by atoms with Crippen LogP contribution in [0.5, 0.6) is 0 Å². The summed E-state index contributed by atoms with van der Waals surface area (Å²) in [7, 11) is 0. The first kappa shape index (κ1) is 16.9. The standard InChI is InChI=1S/C19H17FN2O3/c1-12-5-6-14(19-21-7-8-25-19)10-16(12)22-18(24)11-17(23)13-3-2-4-15(20)9-13/h2-10,17,23H,11H2,1H3,(H,22,24). The SMILES string of the molecule is Cc1ccc(-c2ncco2)cc1NC(=O)CC(O)c1cccc(F)c1. The molecule has 3 rings (SSSR count). The topological polar surface area (TPSA) is 75.4 Å². The van der Waals surface area contributed by atoms with Crippen molar-refractivity contribution in [3.8, 4) is 11.5 Å². The molecule has 0 aliphatic carbocycles. The largest absolute Gasteiger partial charge is 0.445 e. The number of halogens is 1. The summed E-state index contributed by atoms with van der Waals surface area (Å²) in [6.07, 6.45) is 1.77. The van der Waals surface area contributed by atoms with Crippen molar-refractivity contribution in [1.29, 1.82) is 0 Å². The zero-order chi connectivity index (χ0) is 17.8. The van der Waals surface area contributed by atoms with Gasteiger partial charge in [-0.2, -0.15) is 0 Å². The average molecular weight is 340 g/mol. The molecule has 1 atom stereocenters. The highest BCUT2D eigenvalue weighted by molar-refractivity contribution is 5.92. The number of rotatable bonds is 5. The van der Waals surface area contributed by atoms with Crippen LogP contribution >= 0.6 is 0 Å². The van der Waals surface area contributed by atoms with Crippen molar-refractivity contribution in [1.82, 2.24) is 4.98 Å². The fraction of sp³-hybridized carbons (Fsp3) is 0.158. The van der Waals surface area contributed by atoms with Gasteiger partial charge in [-0.15, -0.1) is 0 Å². The Labute approximate surface area is 144 Å². The number of nitrogens with one attached hydrogen (secondary N) is 1. The van der Waals surface area contributed by atoms with Gasteiger partial charge in [-0.1, -0.05) is 18.2 Å². The van der Waals surface area contributed by atoms with E-state index in [1.165, 1.54) is 24.5 Å². The van der Waals surface area contributed by atoms with Gasteiger partial charge in [-0.05, 0) is 42.3 Å². The lowest BCUT2D eigenvalue weighted by Crippen LogP contribution is -2.16. The van der Waals surface area contributed by atoms with E-state index in [-0.39, 0.29) is 12.3 Å². The number of hydrogen-bond acceptors (Lipinski definition) is 4. The van der Waals surface area contributed by atoms with E-state index in [0.29, 0.717) is 17.1 Å². The maximum absolute atomic E-state index is 13.2. The van der Waals surface area contributed by atoms with Crippen LogP contribution in [0.25, 0.3) is 11.5 Å². The molecule has 0 aliphatic heterocycles. The van der Waals surface area contributed by atoms with Crippen LogP contribution in [-0.2, 0) is 4.79 Å². The summed E-state index contributed by atoms with van der Waals surface area (Å²) in [6, 6.07) is 11.0. The lowest BCUT2D eigenvalue weighted by Gasteiger charge is -2.13. The monoisotopic (exact) mass is 340 g/mol. The number of amides is 1. The Morgan fingerprint density at radius 2 is 2.16 bits per heavy atom. The number of aliphatic hydroxyl groups excluding tert-OH is 1. The van der Waals surface area contributed by atoms with Gasteiger partial charge >= 0.3 is 0 Å². The molecule has 0 radical (unpaired) electrons. The summed E-state index contributed by atoms with van der Waals surface area (Å²) in [5.74, 6) is -0.369. The minimum absolute atomic E-state index is 0.174. The van der Waals surface area contributed by atoms with Gasteiger partial charge in [0.15, 0.2) is 0 Å². The summed E-state index contributed by atoms with van der Waals surface area (Å²) >= 11 is 0. The minimum Gasteiger partial charge on any atom is -0.445 e. The van der Waals surface area contributed by atoms with Crippen LogP contribution in [0.4, 0.5) is 10.1 Å². The second-order valence-corrected chi connectivity index (χ2v) is 5.69. The third-order valence-electron chi connectivity index (χ3n) is 3.80. The second kappa shape index (κ2) is 7.27. The van der Waals surface area contributed by atoms with Gasteiger partial charge in [0.25, 0.3) is 0 Å². The number of oxazole rings is 1. The third kappa shape index (κ3) is 4.10. The first-order valence-corrected chi connectivity index (χ1v) is 7.77. The number of carbonyl (C=O) groups is 1. The number of hydrogen-bond donors (Lipinski definition) is 2. The average Bonchev–Trinajstić information content (AvgIpc) is 3.11. The van der Waals surface area contributed by atoms with Gasteiger partial charge in [0.1, 0.15) is 12.1 Å². The molecule has 2 N–H and O–H groups in total. The summed E-state index contributed by atoms with van der Waals surface area (Å²) in [4.78, 5) is 16.3. The molecular formula is C19H17FN2O3. The van der Waals surface area contributed by atoms with Crippen molar-refractivity contribution in [2.24, 2.45) is 0 Å². The molecule has 0 spiro atoms. The number of aryl methyl sites for hydroxylation is 1. The molecule has 1 heterocycles. The first-order chi connectivity index (χ1) is 12.0. The van der Waals surface area contributed by atoms with Crippen LogP contribution in [-0.4, -0.2) is 16.0 Å². The Balaban J connectivity index is 1.71. The summed E-state index contributed by atoms with van der Waals surface area (Å²) < 4.78 is 18.5. The van der Waals surface area contributed by atoms with Gasteiger partial charge in [0.05, 0.1) is 18.7 Å². The second-order valence-electron chi connectivity index (χ2n) is 5.69. The quantitative estimate of drug-likeness (QED) is 0.740. The van der Waals surface area contributed by atoms with Crippen LogP contribution in [0.2, 0.25) is 0 Å². The summed E-state index contributed by atoms with van der Waals surface area (Å²) in [5, 5.41) is 12.9. The van der Waals surface area contributed by atoms with E-state index in [1.54, 1.807) is 18.3 Å². The first-order valence-electron chi connectivity index (χ1n) is 7.77. The molecule has 25 heavy (non-hydrogen) atoms. The Bertz CT molecular complexity index is 878. The predicted molar refractivity (Wildman–Crippen MR) is 91.3 cm³/mol. The highest BCUT2D eigenvalue weighted by atomic mass is 19.1. The Morgan fingerprint density at radius 3 is 2.88 bits per heavy atom. The van der Waals surface area contributed by atoms with Crippen molar-refractivity contribution in [3.05, 3.63) is 71.9 Å². The number of aromatic nitrogens is 1. The van der Waals surface area contributed by atoms with Gasteiger partial charge in [0.2, 0.25) is 11.8 Å². The number of nitrogens with zero attached hydrogens (tertiary/aromatic N) is 1. The fourth-order valence-electron chi connectivity index (χ4n) is 2.46. The molecule has 0 saturated carbocycles. The summed E-state index contributed by atoms with van der Waals surface area (Å²) in [6.45, 7) is 1.86. The smallest absolute Gasteiger partial charge is 0.227 e. The number of carbonyl (C=O) groups excluding carboxylic acids is 1. The van der Waals surface area contributed by atoms with Crippen LogP contribution in [0.15, 0.2) is 59.3 Å². The molecule has 1 amide bonds. The Hall–Kier alpha value is -2.99. The predicted octanol–water partition coefficient (Wildman–Crippen LogP) is 3.85. The molecule has 1 aromatic heterocycles. The van der Waals surface area contributed by atoms with E-state index < -0.39 is 11.9 Å². The van der Waals surface area contributed by atoms with Crippen molar-refractivity contribution in [3.63, 3.8) is 0 Å². The molecule has 3 aromatic rings. The third-order valence-corrected chi connectivity index (χ3v) is 3.80. The normalized spacial score (nSPS) is 12.0. The molecular weight excluding hydrogens is 323 g/mol. The molecule has 0 fully saturated rings. The van der Waals surface area contributed by atoms with Crippen molar-refractivity contribution >= 4 is 11.6 Å². The molecule has 1 unspecified atom stereocenters. The minimum atomic E-state index is -1.08. The van der Waals surface area contributed by atoms with E-state index >= 15 is 0 Å². The molecule has 0 saturated heterocycles. The molecule has 6 heteroatoms. The van der Waals surface area contributed by atoms with Gasteiger partial charge in [-0.25, -0.2) is 9.37 Å². The van der Waals surface area contributed by atoms with E-state index in [0.717, 1.165) is 11.1 Å². The lowest BCUT2D eigenvalue weighted by molar-refractivity contribution is -0.118. The zero-order valence-electron chi connectivity index (χ0n) is 13.6. The van der Waals surface area contributed by atoms with E-state index in [9.17, 15) is 14.3 Å². The summed E-state index contributed by atoms with van der Waals surface area (Å²) in [5.41, 5.74) is 2.56. The number of anilines is 1. The molecule has 0 bridgehead atoms. The lowest BCUT2D eigenvalue weighted by atomic mass is 10.1. The maximum Gasteiger partial charge on any atom is 0.227 e. The number of benzene rings is 2. The van der Waals surface area contributed by atoms with E-state index in [4.69, 9.17) is 4.42 Å².